The van der Waals surface area contributed by atoms with E-state index in [4.69, 9.17) is 16.0 Å². The second kappa shape index (κ2) is 4.53. The van der Waals surface area contributed by atoms with Crippen LogP contribution in [0.15, 0.2) is 22.8 Å². The number of aromatic nitrogens is 2. The molecule has 5 heteroatoms. The smallest absolute Gasteiger partial charge is 0.171 e. The van der Waals surface area contributed by atoms with Crippen LogP contribution in [0.25, 0.3) is 0 Å². The topological polar surface area (TPSA) is 51.0 Å². The molecule has 0 atom stereocenters. The second-order valence-corrected chi connectivity index (χ2v) is 3.82. The van der Waals surface area contributed by atoms with Crippen LogP contribution in [0, 0.1) is 13.8 Å². The first-order valence-corrected chi connectivity index (χ1v) is 5.31. The SMILES string of the molecule is Cc1nc(Cl)c(NCc2ccco2)nc1C. The molecule has 0 saturated heterocycles. The number of nitrogens with zero attached hydrogens (tertiary/aromatic N) is 2. The summed E-state index contributed by atoms with van der Waals surface area (Å²) in [4.78, 5) is 8.51. The van der Waals surface area contributed by atoms with E-state index in [0.717, 1.165) is 17.1 Å². The van der Waals surface area contributed by atoms with Gasteiger partial charge in [0.25, 0.3) is 0 Å². The third-order valence-corrected chi connectivity index (χ3v) is 2.54. The van der Waals surface area contributed by atoms with E-state index in [1.54, 1.807) is 6.26 Å². The maximum atomic E-state index is 5.97. The fourth-order valence-electron chi connectivity index (χ4n) is 1.27. The number of furan rings is 1. The van der Waals surface area contributed by atoms with Crippen molar-refractivity contribution in [2.24, 2.45) is 0 Å². The molecule has 0 unspecified atom stereocenters. The largest absolute Gasteiger partial charge is 0.467 e. The zero-order valence-corrected chi connectivity index (χ0v) is 9.88. The zero-order valence-electron chi connectivity index (χ0n) is 9.12. The van der Waals surface area contributed by atoms with Crippen LogP contribution < -0.4 is 5.32 Å². The number of halogens is 1. The van der Waals surface area contributed by atoms with Gasteiger partial charge in [0.1, 0.15) is 5.76 Å². The van der Waals surface area contributed by atoms with Crippen molar-refractivity contribution in [1.29, 1.82) is 0 Å². The van der Waals surface area contributed by atoms with Crippen molar-refractivity contribution in [1.82, 2.24) is 9.97 Å². The summed E-state index contributed by atoms with van der Waals surface area (Å²) in [5.41, 5.74) is 1.71. The Labute approximate surface area is 98.7 Å². The van der Waals surface area contributed by atoms with Gasteiger partial charge in [-0.15, -0.1) is 0 Å². The standard InChI is InChI=1S/C11H12ClN3O/c1-7-8(2)15-11(10(12)14-7)13-6-9-4-3-5-16-9/h3-5H,6H2,1-2H3,(H,13,15). The number of rotatable bonds is 3. The summed E-state index contributed by atoms with van der Waals surface area (Å²) in [5, 5.41) is 3.47. The average molecular weight is 238 g/mol. The Kier molecular flexibility index (Phi) is 3.10. The Bertz CT molecular complexity index is 482. The molecule has 84 valence electrons. The molecule has 0 spiro atoms. The van der Waals surface area contributed by atoms with Gasteiger partial charge < -0.3 is 9.73 Å². The van der Waals surface area contributed by atoms with Gasteiger partial charge in [0, 0.05) is 0 Å². The Balaban J connectivity index is 2.12. The first-order valence-electron chi connectivity index (χ1n) is 4.94. The summed E-state index contributed by atoms with van der Waals surface area (Å²) in [6.07, 6.45) is 1.63. The van der Waals surface area contributed by atoms with Crippen molar-refractivity contribution in [2.45, 2.75) is 20.4 Å². The van der Waals surface area contributed by atoms with E-state index < -0.39 is 0 Å². The van der Waals surface area contributed by atoms with Crippen LogP contribution in [-0.2, 0) is 6.54 Å². The molecule has 0 saturated carbocycles. The second-order valence-electron chi connectivity index (χ2n) is 3.47. The lowest BCUT2D eigenvalue weighted by Crippen LogP contribution is -2.04. The summed E-state index contributed by atoms with van der Waals surface area (Å²) in [5.74, 6) is 1.41. The summed E-state index contributed by atoms with van der Waals surface area (Å²) >= 11 is 5.97. The molecule has 16 heavy (non-hydrogen) atoms. The highest BCUT2D eigenvalue weighted by atomic mass is 35.5. The van der Waals surface area contributed by atoms with Gasteiger partial charge in [-0.2, -0.15) is 0 Å². The van der Waals surface area contributed by atoms with E-state index in [1.165, 1.54) is 0 Å². The van der Waals surface area contributed by atoms with E-state index in [0.29, 0.717) is 17.5 Å². The third kappa shape index (κ3) is 2.33. The molecule has 2 aromatic heterocycles. The normalized spacial score (nSPS) is 10.4. The van der Waals surface area contributed by atoms with Crippen LogP contribution in [0.5, 0.6) is 0 Å². The van der Waals surface area contributed by atoms with Gasteiger partial charge in [0.15, 0.2) is 11.0 Å². The molecule has 0 fully saturated rings. The van der Waals surface area contributed by atoms with Gasteiger partial charge >= 0.3 is 0 Å². The zero-order chi connectivity index (χ0) is 11.5. The predicted molar refractivity (Wildman–Crippen MR) is 62.6 cm³/mol. The lowest BCUT2D eigenvalue weighted by molar-refractivity contribution is 0.517. The van der Waals surface area contributed by atoms with Gasteiger partial charge in [-0.25, -0.2) is 9.97 Å². The number of hydrogen-bond acceptors (Lipinski definition) is 4. The number of anilines is 1. The highest BCUT2D eigenvalue weighted by Crippen LogP contribution is 2.19. The van der Waals surface area contributed by atoms with Crippen molar-refractivity contribution in [3.05, 3.63) is 40.7 Å². The Morgan fingerprint density at radius 1 is 1.31 bits per heavy atom. The molecule has 0 aliphatic heterocycles. The minimum absolute atomic E-state index is 0.384. The first kappa shape index (κ1) is 11.0. The van der Waals surface area contributed by atoms with Gasteiger partial charge in [-0.3, -0.25) is 0 Å². The van der Waals surface area contributed by atoms with Crippen LogP contribution in [0.1, 0.15) is 17.1 Å². The van der Waals surface area contributed by atoms with Gasteiger partial charge in [0.2, 0.25) is 0 Å². The molecule has 0 aliphatic carbocycles. The van der Waals surface area contributed by atoms with E-state index in [1.807, 2.05) is 26.0 Å². The maximum absolute atomic E-state index is 5.97. The summed E-state index contributed by atoms with van der Waals surface area (Å²) < 4.78 is 5.20. The van der Waals surface area contributed by atoms with Crippen LogP contribution in [-0.4, -0.2) is 9.97 Å². The lowest BCUT2D eigenvalue weighted by atomic mass is 10.3. The molecule has 4 nitrogen and oxygen atoms in total. The molecule has 2 aromatic rings. The minimum Gasteiger partial charge on any atom is -0.467 e. The monoisotopic (exact) mass is 237 g/mol. The van der Waals surface area contributed by atoms with Crippen molar-refractivity contribution in [3.63, 3.8) is 0 Å². The fourth-order valence-corrected chi connectivity index (χ4v) is 1.51. The van der Waals surface area contributed by atoms with Crippen LogP contribution >= 0.6 is 11.6 Å². The Morgan fingerprint density at radius 2 is 2.06 bits per heavy atom. The average Bonchev–Trinajstić information content (AvgIpc) is 2.74. The summed E-state index contributed by atoms with van der Waals surface area (Å²) in [6, 6.07) is 3.72. The van der Waals surface area contributed by atoms with Crippen molar-refractivity contribution >= 4 is 17.4 Å². The molecule has 0 bridgehead atoms. The predicted octanol–water partition coefficient (Wildman–Crippen LogP) is 2.95. The van der Waals surface area contributed by atoms with E-state index in [-0.39, 0.29) is 0 Å². The van der Waals surface area contributed by atoms with Gasteiger partial charge in [0.05, 0.1) is 24.2 Å². The molecule has 1 N–H and O–H groups in total. The van der Waals surface area contributed by atoms with E-state index in [2.05, 4.69) is 15.3 Å². The van der Waals surface area contributed by atoms with Crippen LogP contribution in [0.4, 0.5) is 5.82 Å². The van der Waals surface area contributed by atoms with Crippen molar-refractivity contribution in [3.8, 4) is 0 Å². The number of aryl methyl sites for hydroxylation is 2. The van der Waals surface area contributed by atoms with Crippen molar-refractivity contribution < 1.29 is 4.42 Å². The first-order chi connectivity index (χ1) is 7.66. The van der Waals surface area contributed by atoms with E-state index >= 15 is 0 Å². The highest BCUT2D eigenvalue weighted by molar-refractivity contribution is 6.31. The third-order valence-electron chi connectivity index (χ3n) is 2.27. The molecule has 0 aromatic carbocycles. The van der Waals surface area contributed by atoms with Gasteiger partial charge in [-0.05, 0) is 26.0 Å². The highest BCUT2D eigenvalue weighted by Gasteiger charge is 2.06. The summed E-state index contributed by atoms with van der Waals surface area (Å²) in [7, 11) is 0. The molecule has 2 heterocycles. The molecular weight excluding hydrogens is 226 g/mol. The molecular formula is C11H12ClN3O. The number of nitrogens with one attached hydrogen (secondary N) is 1. The molecule has 0 radical (unpaired) electrons. The van der Waals surface area contributed by atoms with Crippen LogP contribution in [0.3, 0.4) is 0 Å². The van der Waals surface area contributed by atoms with E-state index in [9.17, 15) is 0 Å². The molecule has 0 aliphatic rings. The molecule has 0 amide bonds. The Morgan fingerprint density at radius 3 is 2.75 bits per heavy atom. The number of hydrogen-bond donors (Lipinski definition) is 1. The summed E-state index contributed by atoms with van der Waals surface area (Å²) in [6.45, 7) is 4.32. The molecule has 2 rings (SSSR count). The Hall–Kier alpha value is -1.55. The van der Waals surface area contributed by atoms with Crippen LogP contribution in [0.2, 0.25) is 5.15 Å². The van der Waals surface area contributed by atoms with Crippen molar-refractivity contribution in [2.75, 3.05) is 5.32 Å². The lowest BCUT2D eigenvalue weighted by Gasteiger charge is -2.07. The fraction of sp³-hybridized carbons (Fsp3) is 0.273. The minimum atomic E-state index is 0.384. The van der Waals surface area contributed by atoms with Gasteiger partial charge in [-0.1, -0.05) is 11.6 Å². The quantitative estimate of drug-likeness (QED) is 0.892. The maximum Gasteiger partial charge on any atom is 0.171 e.